The van der Waals surface area contributed by atoms with Crippen LogP contribution < -0.4 is 5.73 Å². The molecule has 0 aromatic carbocycles. The molecule has 0 bridgehead atoms. The zero-order valence-corrected chi connectivity index (χ0v) is 7.77. The fourth-order valence-electron chi connectivity index (χ4n) is 0.953. The highest BCUT2D eigenvalue weighted by molar-refractivity contribution is 7.87. The van der Waals surface area contributed by atoms with Gasteiger partial charge in [-0.2, -0.15) is 8.42 Å². The zero-order valence-electron chi connectivity index (χ0n) is 6.95. The minimum absolute atomic E-state index is 0.241. The second-order valence-electron chi connectivity index (χ2n) is 2.85. The molecule has 0 heterocycles. The van der Waals surface area contributed by atoms with E-state index in [4.69, 9.17) is 10.3 Å². The Labute approximate surface area is 79.8 Å². The lowest BCUT2D eigenvalue weighted by molar-refractivity contribution is -0.419. The molecule has 0 amide bonds. The predicted molar refractivity (Wildman–Crippen MR) is 47.3 cm³/mol. The minimum Gasteiger partial charge on any atom is -0.307 e. The lowest BCUT2D eigenvalue weighted by Gasteiger charge is -2.21. The zero-order chi connectivity index (χ0) is 11.0. The Balaban J connectivity index is 3.00. The summed E-state index contributed by atoms with van der Waals surface area (Å²) in [5, 5.41) is 10.2. The van der Waals surface area contributed by atoms with Gasteiger partial charge in [0.05, 0.1) is 4.92 Å². The van der Waals surface area contributed by atoms with Crippen molar-refractivity contribution >= 4 is 10.1 Å². The molecule has 1 atom stereocenters. The molecule has 0 fully saturated rings. The number of nitro groups is 1. The van der Waals surface area contributed by atoms with Crippen LogP contribution in [0.25, 0.3) is 0 Å². The molecule has 1 aliphatic carbocycles. The third-order valence-electron chi connectivity index (χ3n) is 1.86. The highest BCUT2D eigenvalue weighted by Gasteiger charge is 2.38. The maximum Gasteiger partial charge on any atom is 0.287 e. The number of hydrogen-bond donors (Lipinski definition) is 2. The van der Waals surface area contributed by atoms with Gasteiger partial charge in [0.15, 0.2) is 4.87 Å². The first-order valence-corrected chi connectivity index (χ1v) is 5.00. The summed E-state index contributed by atoms with van der Waals surface area (Å²) in [6.45, 7) is 0. The van der Waals surface area contributed by atoms with Gasteiger partial charge in [0.1, 0.15) is 0 Å². The fraction of sp³-hybridized carbons (Fsp3) is 0.333. The Hall–Kier alpha value is -1.25. The normalized spacial score (nSPS) is 27.1. The van der Waals surface area contributed by atoms with Crippen molar-refractivity contribution in [1.29, 1.82) is 0 Å². The van der Waals surface area contributed by atoms with Crippen LogP contribution in [0.2, 0.25) is 0 Å². The van der Waals surface area contributed by atoms with Gasteiger partial charge in [0.25, 0.3) is 15.8 Å². The van der Waals surface area contributed by atoms with Crippen molar-refractivity contribution in [3.05, 3.63) is 34.0 Å². The molecular formula is C6H8N2O5S. The van der Waals surface area contributed by atoms with Crippen LogP contribution in [0.3, 0.4) is 0 Å². The van der Waals surface area contributed by atoms with Gasteiger partial charge in [0.2, 0.25) is 0 Å². The first kappa shape index (κ1) is 10.8. The molecule has 0 aromatic rings. The van der Waals surface area contributed by atoms with E-state index in [0.717, 1.165) is 18.2 Å². The van der Waals surface area contributed by atoms with E-state index in [1.165, 1.54) is 0 Å². The molecule has 78 valence electrons. The monoisotopic (exact) mass is 220 g/mol. The van der Waals surface area contributed by atoms with Crippen molar-refractivity contribution in [3.8, 4) is 0 Å². The molecule has 1 aliphatic rings. The standard InChI is InChI=1S/C6H8N2O5S/c7-6(14(11,12)13)3-1-5(2-4-6)8(9)10/h1-3H,4,7H2,(H,11,12,13). The summed E-state index contributed by atoms with van der Waals surface area (Å²) in [5.41, 5.74) is 5.07. The van der Waals surface area contributed by atoms with Crippen LogP contribution in [-0.4, -0.2) is 22.8 Å². The molecule has 1 rings (SSSR count). The van der Waals surface area contributed by atoms with E-state index in [1.54, 1.807) is 0 Å². The Kier molecular flexibility index (Phi) is 2.44. The van der Waals surface area contributed by atoms with Crippen LogP contribution in [0.1, 0.15) is 6.42 Å². The van der Waals surface area contributed by atoms with Gasteiger partial charge in [-0.1, -0.05) is 0 Å². The van der Waals surface area contributed by atoms with Crippen LogP contribution in [-0.2, 0) is 10.1 Å². The molecule has 0 radical (unpaired) electrons. The van der Waals surface area contributed by atoms with E-state index in [9.17, 15) is 18.5 Å². The summed E-state index contributed by atoms with van der Waals surface area (Å²) in [4.78, 5) is 7.63. The molecular weight excluding hydrogens is 212 g/mol. The van der Waals surface area contributed by atoms with Crippen LogP contribution in [0.5, 0.6) is 0 Å². The van der Waals surface area contributed by atoms with Gasteiger partial charge in [-0.25, -0.2) is 0 Å². The van der Waals surface area contributed by atoms with Gasteiger partial charge in [-0.15, -0.1) is 0 Å². The van der Waals surface area contributed by atoms with Gasteiger partial charge < -0.3 is 5.73 Å². The maximum atomic E-state index is 10.8. The molecule has 0 aliphatic heterocycles. The average molecular weight is 220 g/mol. The molecule has 0 aromatic heterocycles. The third kappa shape index (κ3) is 1.81. The SMILES string of the molecule is NC1(S(=O)(=O)O)C=CC([N+](=O)[O-])=CC1. The molecule has 0 spiro atoms. The van der Waals surface area contributed by atoms with Crippen LogP contribution in [0, 0.1) is 10.1 Å². The lowest BCUT2D eigenvalue weighted by atomic mass is 10.1. The fourth-order valence-corrected chi connectivity index (χ4v) is 1.49. The maximum absolute atomic E-state index is 10.8. The molecule has 3 N–H and O–H groups in total. The third-order valence-corrected chi connectivity index (χ3v) is 3.12. The predicted octanol–water partition coefficient (Wildman–Crippen LogP) is -0.350. The van der Waals surface area contributed by atoms with Crippen molar-refractivity contribution in [2.75, 3.05) is 0 Å². The van der Waals surface area contributed by atoms with Gasteiger partial charge in [0, 0.05) is 12.5 Å². The minimum atomic E-state index is -4.45. The van der Waals surface area contributed by atoms with Crippen LogP contribution >= 0.6 is 0 Å². The summed E-state index contributed by atoms with van der Waals surface area (Å²) >= 11 is 0. The number of nitrogens with zero attached hydrogens (tertiary/aromatic N) is 1. The van der Waals surface area contributed by atoms with E-state index < -0.39 is 19.9 Å². The molecule has 14 heavy (non-hydrogen) atoms. The van der Waals surface area contributed by atoms with E-state index >= 15 is 0 Å². The van der Waals surface area contributed by atoms with Gasteiger partial charge >= 0.3 is 0 Å². The first-order chi connectivity index (χ1) is 6.26. The smallest absolute Gasteiger partial charge is 0.287 e. The van der Waals surface area contributed by atoms with Crippen LogP contribution in [0.15, 0.2) is 23.9 Å². The molecule has 0 saturated heterocycles. The Morgan fingerprint density at radius 2 is 2.21 bits per heavy atom. The topological polar surface area (TPSA) is 124 Å². The van der Waals surface area contributed by atoms with E-state index in [1.807, 2.05) is 0 Å². The highest BCUT2D eigenvalue weighted by Crippen LogP contribution is 2.23. The largest absolute Gasteiger partial charge is 0.307 e. The second kappa shape index (κ2) is 3.15. The molecule has 8 heteroatoms. The number of nitrogens with two attached hydrogens (primary N) is 1. The van der Waals surface area contributed by atoms with Crippen molar-refractivity contribution in [1.82, 2.24) is 0 Å². The summed E-state index contributed by atoms with van der Waals surface area (Å²) in [5.74, 6) is 0. The Bertz CT molecular complexity index is 424. The highest BCUT2D eigenvalue weighted by atomic mass is 32.2. The van der Waals surface area contributed by atoms with Crippen molar-refractivity contribution in [2.45, 2.75) is 11.3 Å². The summed E-state index contributed by atoms with van der Waals surface area (Å²) < 4.78 is 30.3. The van der Waals surface area contributed by atoms with E-state index in [2.05, 4.69) is 0 Å². The number of allylic oxidation sites excluding steroid dienone is 1. The number of hydrogen-bond acceptors (Lipinski definition) is 5. The first-order valence-electron chi connectivity index (χ1n) is 3.56. The van der Waals surface area contributed by atoms with E-state index in [-0.39, 0.29) is 12.1 Å². The van der Waals surface area contributed by atoms with Crippen molar-refractivity contribution < 1.29 is 17.9 Å². The van der Waals surface area contributed by atoms with Gasteiger partial charge in [-0.3, -0.25) is 14.7 Å². The van der Waals surface area contributed by atoms with Gasteiger partial charge in [-0.05, 0) is 12.2 Å². The second-order valence-corrected chi connectivity index (χ2v) is 4.56. The summed E-state index contributed by atoms with van der Waals surface area (Å²) in [7, 11) is -4.45. The Morgan fingerprint density at radius 1 is 1.64 bits per heavy atom. The quantitative estimate of drug-likeness (QED) is 0.372. The molecule has 7 nitrogen and oxygen atoms in total. The van der Waals surface area contributed by atoms with Crippen LogP contribution in [0.4, 0.5) is 0 Å². The van der Waals surface area contributed by atoms with Crippen molar-refractivity contribution in [3.63, 3.8) is 0 Å². The van der Waals surface area contributed by atoms with Crippen molar-refractivity contribution in [2.24, 2.45) is 5.73 Å². The average Bonchev–Trinajstić information content (AvgIpc) is 2.03. The lowest BCUT2D eigenvalue weighted by Crippen LogP contribution is -2.46. The summed E-state index contributed by atoms with van der Waals surface area (Å²) in [6.07, 6.45) is 2.59. The van der Waals surface area contributed by atoms with E-state index in [0.29, 0.717) is 0 Å². The Morgan fingerprint density at radius 3 is 2.50 bits per heavy atom. The molecule has 0 saturated carbocycles. The molecule has 1 unspecified atom stereocenters. The summed E-state index contributed by atoms with van der Waals surface area (Å²) in [6, 6.07) is 0. The number of rotatable bonds is 2.